The van der Waals surface area contributed by atoms with E-state index in [9.17, 15) is 19.2 Å². The van der Waals surface area contributed by atoms with Crippen molar-refractivity contribution in [1.29, 1.82) is 0 Å². The fourth-order valence-electron chi connectivity index (χ4n) is 3.43. The molecule has 0 aliphatic rings. The molecule has 3 amide bonds. The molecule has 0 heterocycles. The second-order valence-electron chi connectivity index (χ2n) is 9.30. The first-order valence-electron chi connectivity index (χ1n) is 12.3. The number of rotatable bonds is 14. The lowest BCUT2D eigenvalue weighted by atomic mass is 10.00. The fourth-order valence-corrected chi connectivity index (χ4v) is 3.43. The van der Waals surface area contributed by atoms with Crippen LogP contribution in [0.3, 0.4) is 0 Å². The molecule has 0 unspecified atom stereocenters. The molecule has 0 bridgehead atoms. The number of hydrogen-bond donors (Lipinski definition) is 3. The predicted molar refractivity (Wildman–Crippen MR) is 133 cm³/mol. The van der Waals surface area contributed by atoms with E-state index in [1.807, 2.05) is 58.0 Å². The highest BCUT2D eigenvalue weighted by molar-refractivity contribution is 5.93. The van der Waals surface area contributed by atoms with Crippen LogP contribution in [0.15, 0.2) is 30.3 Å². The summed E-state index contributed by atoms with van der Waals surface area (Å²) in [4.78, 5) is 50.6. The lowest BCUT2D eigenvalue weighted by molar-refractivity contribution is -0.147. The molecule has 3 atom stereocenters. The van der Waals surface area contributed by atoms with Gasteiger partial charge in [0.1, 0.15) is 24.7 Å². The second kappa shape index (κ2) is 15.7. The molecule has 0 fully saturated rings. The minimum Gasteiger partial charge on any atom is -0.464 e. The zero-order valence-electron chi connectivity index (χ0n) is 21.8. The van der Waals surface area contributed by atoms with Crippen LogP contribution >= 0.6 is 0 Å². The molecule has 1 rings (SSSR count). The van der Waals surface area contributed by atoms with Crippen molar-refractivity contribution >= 4 is 23.9 Å². The lowest BCUT2D eigenvalue weighted by Crippen LogP contribution is -2.56. The summed E-state index contributed by atoms with van der Waals surface area (Å²) >= 11 is 0. The van der Waals surface area contributed by atoms with Crippen molar-refractivity contribution in [3.05, 3.63) is 35.9 Å². The third-order valence-electron chi connectivity index (χ3n) is 5.16. The standard InChI is InChI=1S/C26H41N3O6/c1-7-20(25(32)34-8-2)27-23(30)21(14-17(3)4)28-24(31)22(15-18(5)6)29-26(33)35-16-19-12-10-9-11-13-19/h9-13,17-18,20-22H,7-8,14-16H2,1-6H3,(H,27,30)(H,28,31)(H,29,33)/t20-,21-,22-/m0/s1. The zero-order valence-corrected chi connectivity index (χ0v) is 21.8. The van der Waals surface area contributed by atoms with E-state index in [0.717, 1.165) is 5.56 Å². The monoisotopic (exact) mass is 491 g/mol. The van der Waals surface area contributed by atoms with E-state index in [1.54, 1.807) is 13.8 Å². The average Bonchev–Trinajstić information content (AvgIpc) is 2.80. The highest BCUT2D eigenvalue weighted by Crippen LogP contribution is 2.10. The molecule has 3 N–H and O–H groups in total. The maximum Gasteiger partial charge on any atom is 0.408 e. The van der Waals surface area contributed by atoms with Crippen molar-refractivity contribution in [2.75, 3.05) is 6.61 Å². The van der Waals surface area contributed by atoms with E-state index in [2.05, 4.69) is 16.0 Å². The normalized spacial score (nSPS) is 13.5. The Morgan fingerprint density at radius 2 is 1.26 bits per heavy atom. The van der Waals surface area contributed by atoms with Gasteiger partial charge in [-0.25, -0.2) is 9.59 Å². The van der Waals surface area contributed by atoms with E-state index in [1.165, 1.54) is 0 Å². The second-order valence-corrected chi connectivity index (χ2v) is 9.30. The molecule has 0 radical (unpaired) electrons. The first-order chi connectivity index (χ1) is 16.6. The van der Waals surface area contributed by atoms with Crippen molar-refractivity contribution in [3.8, 4) is 0 Å². The minimum absolute atomic E-state index is 0.0767. The van der Waals surface area contributed by atoms with E-state index in [-0.39, 0.29) is 25.0 Å². The molecule has 0 spiro atoms. The molecule has 9 heteroatoms. The van der Waals surface area contributed by atoms with Crippen LogP contribution in [0.25, 0.3) is 0 Å². The Bertz CT molecular complexity index is 813. The van der Waals surface area contributed by atoms with Gasteiger partial charge >= 0.3 is 12.1 Å². The number of esters is 1. The summed E-state index contributed by atoms with van der Waals surface area (Å²) in [6.45, 7) is 11.5. The van der Waals surface area contributed by atoms with Crippen molar-refractivity contribution in [2.24, 2.45) is 11.8 Å². The Kier molecular flexibility index (Phi) is 13.5. The summed E-state index contributed by atoms with van der Waals surface area (Å²) < 4.78 is 10.3. The highest BCUT2D eigenvalue weighted by atomic mass is 16.5. The predicted octanol–water partition coefficient (Wildman–Crippen LogP) is 3.32. The fraction of sp³-hybridized carbons (Fsp3) is 0.615. The van der Waals surface area contributed by atoms with Crippen molar-refractivity contribution in [3.63, 3.8) is 0 Å². The SMILES string of the molecule is CCOC(=O)[C@H](CC)NC(=O)[C@H](CC(C)C)NC(=O)[C@H](CC(C)C)NC(=O)OCc1ccccc1. The Morgan fingerprint density at radius 1 is 0.743 bits per heavy atom. The van der Waals surface area contributed by atoms with E-state index >= 15 is 0 Å². The molecule has 0 saturated heterocycles. The third-order valence-corrected chi connectivity index (χ3v) is 5.16. The Labute approximate surface area is 208 Å². The molecule has 1 aromatic carbocycles. The van der Waals surface area contributed by atoms with Crippen LogP contribution in [0.5, 0.6) is 0 Å². The van der Waals surface area contributed by atoms with E-state index in [4.69, 9.17) is 9.47 Å². The van der Waals surface area contributed by atoms with Gasteiger partial charge in [0.2, 0.25) is 11.8 Å². The van der Waals surface area contributed by atoms with Crippen LogP contribution in [0, 0.1) is 11.8 Å². The molecule has 0 aromatic heterocycles. The van der Waals surface area contributed by atoms with Gasteiger partial charge in [0.25, 0.3) is 0 Å². The molecule has 9 nitrogen and oxygen atoms in total. The van der Waals surface area contributed by atoms with Gasteiger partial charge in [0, 0.05) is 0 Å². The van der Waals surface area contributed by atoms with Crippen LogP contribution in [-0.4, -0.2) is 48.6 Å². The molecule has 0 aliphatic carbocycles. The van der Waals surface area contributed by atoms with Gasteiger partial charge in [-0.05, 0) is 43.6 Å². The van der Waals surface area contributed by atoms with Crippen LogP contribution in [0.4, 0.5) is 4.79 Å². The van der Waals surface area contributed by atoms with Gasteiger partial charge in [-0.2, -0.15) is 0 Å². The summed E-state index contributed by atoms with van der Waals surface area (Å²) in [6, 6.07) is 6.67. The van der Waals surface area contributed by atoms with Gasteiger partial charge < -0.3 is 25.4 Å². The topological polar surface area (TPSA) is 123 Å². The third kappa shape index (κ3) is 11.7. The molecular weight excluding hydrogens is 450 g/mol. The van der Waals surface area contributed by atoms with Gasteiger partial charge in [-0.15, -0.1) is 0 Å². The number of benzene rings is 1. The number of alkyl carbamates (subject to hydrolysis) is 1. The first-order valence-corrected chi connectivity index (χ1v) is 12.3. The summed E-state index contributed by atoms with van der Waals surface area (Å²) in [6.07, 6.45) is 0.372. The number of carbonyl (C=O) groups excluding carboxylic acids is 4. The van der Waals surface area contributed by atoms with Crippen molar-refractivity contribution in [1.82, 2.24) is 16.0 Å². The molecule has 1 aromatic rings. The summed E-state index contributed by atoms with van der Waals surface area (Å²) in [5, 5.41) is 8.06. The largest absolute Gasteiger partial charge is 0.464 e. The number of hydrogen-bond acceptors (Lipinski definition) is 6. The van der Waals surface area contributed by atoms with Gasteiger partial charge in [0.15, 0.2) is 0 Å². The summed E-state index contributed by atoms with van der Waals surface area (Å²) in [5.74, 6) is -1.27. The van der Waals surface area contributed by atoms with Crippen LogP contribution in [-0.2, 0) is 30.5 Å². The zero-order chi connectivity index (χ0) is 26.4. The molecule has 0 saturated carbocycles. The minimum atomic E-state index is -0.882. The number of ether oxygens (including phenoxy) is 2. The molecule has 0 aliphatic heterocycles. The van der Waals surface area contributed by atoms with E-state index in [0.29, 0.717) is 19.3 Å². The molecule has 196 valence electrons. The smallest absolute Gasteiger partial charge is 0.408 e. The Balaban J connectivity index is 2.87. The number of carbonyl (C=O) groups is 4. The first kappa shape index (κ1) is 29.9. The maximum atomic E-state index is 13.1. The Hall–Kier alpha value is -3.10. The average molecular weight is 492 g/mol. The number of amides is 3. The highest BCUT2D eigenvalue weighted by Gasteiger charge is 2.30. The van der Waals surface area contributed by atoms with Crippen LogP contribution < -0.4 is 16.0 Å². The van der Waals surface area contributed by atoms with Crippen molar-refractivity contribution in [2.45, 2.75) is 85.5 Å². The maximum absolute atomic E-state index is 13.1. The number of nitrogens with one attached hydrogen (secondary N) is 3. The summed E-state index contributed by atoms with van der Waals surface area (Å²) in [7, 11) is 0. The van der Waals surface area contributed by atoms with Gasteiger partial charge in [-0.3, -0.25) is 9.59 Å². The Morgan fingerprint density at radius 3 is 1.74 bits per heavy atom. The van der Waals surface area contributed by atoms with Crippen LogP contribution in [0.2, 0.25) is 0 Å². The quantitative estimate of drug-likeness (QED) is 0.343. The van der Waals surface area contributed by atoms with Crippen LogP contribution in [0.1, 0.15) is 66.4 Å². The van der Waals surface area contributed by atoms with Gasteiger partial charge in [0.05, 0.1) is 6.61 Å². The summed E-state index contributed by atoms with van der Waals surface area (Å²) in [5.41, 5.74) is 0.827. The van der Waals surface area contributed by atoms with E-state index < -0.39 is 42.0 Å². The lowest BCUT2D eigenvalue weighted by Gasteiger charge is -2.26. The van der Waals surface area contributed by atoms with Crippen molar-refractivity contribution < 1.29 is 28.7 Å². The molecule has 35 heavy (non-hydrogen) atoms. The van der Waals surface area contributed by atoms with Gasteiger partial charge in [-0.1, -0.05) is 65.0 Å². The molecular formula is C26H41N3O6.